The first kappa shape index (κ1) is 15.2. The predicted molar refractivity (Wildman–Crippen MR) is 77.0 cm³/mol. The van der Waals surface area contributed by atoms with Crippen LogP contribution in [0.3, 0.4) is 0 Å². The number of nitrogens with zero attached hydrogens (tertiary/aromatic N) is 5. The van der Waals surface area contributed by atoms with Crippen molar-refractivity contribution in [2.24, 2.45) is 0 Å². The van der Waals surface area contributed by atoms with Gasteiger partial charge in [0.15, 0.2) is 5.69 Å². The van der Waals surface area contributed by atoms with Crippen LogP contribution in [0.5, 0.6) is 0 Å². The maximum atomic E-state index is 11.9. The number of rotatable bonds is 6. The smallest absolute Gasteiger partial charge is 0.360 e. The van der Waals surface area contributed by atoms with Gasteiger partial charge in [0.1, 0.15) is 5.82 Å². The fourth-order valence-corrected chi connectivity index (χ4v) is 2.24. The van der Waals surface area contributed by atoms with E-state index in [2.05, 4.69) is 15.3 Å². The molecule has 2 rings (SSSR count). The second kappa shape index (κ2) is 6.51. The molecule has 0 unspecified atom stereocenters. The lowest BCUT2D eigenvalue weighted by molar-refractivity contribution is 0.0517. The van der Waals surface area contributed by atoms with Crippen LogP contribution in [0.15, 0.2) is 12.4 Å². The molecule has 114 valence electrons. The molecule has 2 aromatic heterocycles. The SMILES string of the molecule is CCOC(=O)c1nnn(CCn2ccnc2C)c1C(C)C. The standard InChI is InChI=1S/C14H21N5O2/c1-5-21-14(20)12-13(10(2)3)19(17-16-12)9-8-18-7-6-15-11(18)4/h6-7,10H,5,8-9H2,1-4H3. The van der Waals surface area contributed by atoms with E-state index in [9.17, 15) is 4.79 Å². The van der Waals surface area contributed by atoms with Crippen molar-refractivity contribution in [1.29, 1.82) is 0 Å². The van der Waals surface area contributed by atoms with Gasteiger partial charge in [-0.3, -0.25) is 0 Å². The van der Waals surface area contributed by atoms with E-state index >= 15 is 0 Å². The molecular weight excluding hydrogens is 270 g/mol. The fraction of sp³-hybridized carbons (Fsp3) is 0.571. The summed E-state index contributed by atoms with van der Waals surface area (Å²) >= 11 is 0. The average Bonchev–Trinajstić information content (AvgIpc) is 3.02. The van der Waals surface area contributed by atoms with Crippen molar-refractivity contribution in [1.82, 2.24) is 24.5 Å². The summed E-state index contributed by atoms with van der Waals surface area (Å²) in [6, 6.07) is 0. The van der Waals surface area contributed by atoms with Gasteiger partial charge in [-0.05, 0) is 19.8 Å². The molecule has 0 saturated heterocycles. The number of esters is 1. The third-order valence-electron chi connectivity index (χ3n) is 3.27. The van der Waals surface area contributed by atoms with Gasteiger partial charge >= 0.3 is 5.97 Å². The molecule has 0 saturated carbocycles. The Morgan fingerprint density at radius 1 is 1.38 bits per heavy atom. The van der Waals surface area contributed by atoms with Crippen molar-refractivity contribution >= 4 is 5.97 Å². The van der Waals surface area contributed by atoms with E-state index in [-0.39, 0.29) is 5.92 Å². The first-order valence-electron chi connectivity index (χ1n) is 7.12. The first-order valence-corrected chi connectivity index (χ1v) is 7.12. The van der Waals surface area contributed by atoms with E-state index in [1.54, 1.807) is 17.8 Å². The van der Waals surface area contributed by atoms with Crippen molar-refractivity contribution < 1.29 is 9.53 Å². The molecule has 7 nitrogen and oxygen atoms in total. The topological polar surface area (TPSA) is 74.8 Å². The molecule has 21 heavy (non-hydrogen) atoms. The summed E-state index contributed by atoms with van der Waals surface area (Å²) in [4.78, 5) is 16.1. The molecule has 7 heteroatoms. The lowest BCUT2D eigenvalue weighted by Gasteiger charge is -2.11. The van der Waals surface area contributed by atoms with Gasteiger partial charge in [0.25, 0.3) is 0 Å². The Morgan fingerprint density at radius 3 is 2.71 bits per heavy atom. The molecule has 2 heterocycles. The highest BCUT2D eigenvalue weighted by molar-refractivity contribution is 5.88. The van der Waals surface area contributed by atoms with Crippen LogP contribution in [0, 0.1) is 6.92 Å². The summed E-state index contributed by atoms with van der Waals surface area (Å²) in [5.41, 5.74) is 1.13. The van der Waals surface area contributed by atoms with Crippen LogP contribution in [0.25, 0.3) is 0 Å². The maximum Gasteiger partial charge on any atom is 0.360 e. The normalized spacial score (nSPS) is 11.1. The highest BCUT2D eigenvalue weighted by atomic mass is 16.5. The molecule has 0 bridgehead atoms. The van der Waals surface area contributed by atoms with Crippen molar-refractivity contribution in [2.75, 3.05) is 6.61 Å². The van der Waals surface area contributed by atoms with Crippen LogP contribution < -0.4 is 0 Å². The third-order valence-corrected chi connectivity index (χ3v) is 3.27. The number of ether oxygens (including phenoxy) is 1. The second-order valence-corrected chi connectivity index (χ2v) is 5.09. The molecule has 0 N–H and O–H groups in total. The molecule has 0 aromatic carbocycles. The van der Waals surface area contributed by atoms with Crippen molar-refractivity contribution in [3.05, 3.63) is 29.6 Å². The Balaban J connectivity index is 2.19. The molecule has 0 spiro atoms. The van der Waals surface area contributed by atoms with Gasteiger partial charge in [0.05, 0.1) is 18.8 Å². The van der Waals surface area contributed by atoms with Gasteiger partial charge in [-0.25, -0.2) is 14.5 Å². The summed E-state index contributed by atoms with van der Waals surface area (Å²) in [6.45, 7) is 9.46. The molecule has 0 atom stereocenters. The monoisotopic (exact) mass is 291 g/mol. The van der Waals surface area contributed by atoms with E-state index in [0.29, 0.717) is 18.8 Å². The van der Waals surface area contributed by atoms with E-state index in [4.69, 9.17) is 4.74 Å². The first-order chi connectivity index (χ1) is 10.0. The quantitative estimate of drug-likeness (QED) is 0.758. The third kappa shape index (κ3) is 3.29. The van der Waals surface area contributed by atoms with Crippen molar-refractivity contribution in [2.45, 2.75) is 46.7 Å². The maximum absolute atomic E-state index is 11.9. The zero-order chi connectivity index (χ0) is 15.4. The lowest BCUT2D eigenvalue weighted by Crippen LogP contribution is -2.15. The van der Waals surface area contributed by atoms with E-state index in [0.717, 1.165) is 18.1 Å². The lowest BCUT2D eigenvalue weighted by atomic mass is 10.1. The molecule has 0 amide bonds. The van der Waals surface area contributed by atoms with Crippen molar-refractivity contribution in [3.8, 4) is 0 Å². The Bertz CT molecular complexity index is 615. The highest BCUT2D eigenvalue weighted by Gasteiger charge is 2.22. The van der Waals surface area contributed by atoms with Gasteiger partial charge in [-0.1, -0.05) is 19.1 Å². The minimum Gasteiger partial charge on any atom is -0.461 e. The molecule has 2 aromatic rings. The minimum absolute atomic E-state index is 0.142. The van der Waals surface area contributed by atoms with E-state index in [1.165, 1.54) is 0 Å². The summed E-state index contributed by atoms with van der Waals surface area (Å²) in [6.07, 6.45) is 3.69. The number of aryl methyl sites for hydroxylation is 3. The van der Waals surface area contributed by atoms with Gasteiger partial charge in [-0.15, -0.1) is 5.10 Å². The molecule has 0 aliphatic heterocycles. The summed E-state index contributed by atoms with van der Waals surface area (Å²) in [5, 5.41) is 8.09. The largest absolute Gasteiger partial charge is 0.461 e. The second-order valence-electron chi connectivity index (χ2n) is 5.09. The highest BCUT2D eigenvalue weighted by Crippen LogP contribution is 2.18. The van der Waals surface area contributed by atoms with Crippen LogP contribution in [-0.4, -0.2) is 37.1 Å². The number of carbonyl (C=O) groups excluding carboxylic acids is 1. The molecule has 0 aliphatic rings. The van der Waals surface area contributed by atoms with Gasteiger partial charge in [0, 0.05) is 18.9 Å². The number of hydrogen-bond acceptors (Lipinski definition) is 5. The number of carbonyl (C=O) groups is 1. The van der Waals surface area contributed by atoms with Crippen molar-refractivity contribution in [3.63, 3.8) is 0 Å². The number of aromatic nitrogens is 5. The Morgan fingerprint density at radius 2 is 2.14 bits per heavy atom. The summed E-state index contributed by atoms with van der Waals surface area (Å²) in [7, 11) is 0. The van der Waals surface area contributed by atoms with Crippen LogP contribution in [0.4, 0.5) is 0 Å². The average molecular weight is 291 g/mol. The zero-order valence-corrected chi connectivity index (χ0v) is 12.9. The van der Waals surface area contributed by atoms with Gasteiger partial charge in [0.2, 0.25) is 0 Å². The Hall–Kier alpha value is -2.18. The van der Waals surface area contributed by atoms with E-state index < -0.39 is 5.97 Å². The molecule has 0 radical (unpaired) electrons. The fourth-order valence-electron chi connectivity index (χ4n) is 2.24. The van der Waals surface area contributed by atoms with Gasteiger partial charge in [-0.2, -0.15) is 0 Å². The number of hydrogen-bond donors (Lipinski definition) is 0. The zero-order valence-electron chi connectivity index (χ0n) is 12.9. The van der Waals surface area contributed by atoms with Crippen LogP contribution in [0.2, 0.25) is 0 Å². The van der Waals surface area contributed by atoms with E-state index in [1.807, 2.05) is 31.5 Å². The predicted octanol–water partition coefficient (Wildman–Crippen LogP) is 1.78. The van der Waals surface area contributed by atoms with Gasteiger partial charge < -0.3 is 9.30 Å². The Labute approximate surface area is 123 Å². The summed E-state index contributed by atoms with van der Waals surface area (Å²) in [5.74, 6) is 0.682. The minimum atomic E-state index is -0.411. The molecule has 0 fully saturated rings. The van der Waals surface area contributed by atoms with Crippen LogP contribution >= 0.6 is 0 Å². The molecular formula is C14H21N5O2. The Kier molecular flexibility index (Phi) is 4.72. The molecule has 0 aliphatic carbocycles. The number of imidazole rings is 1. The van der Waals surface area contributed by atoms with Crippen LogP contribution in [-0.2, 0) is 17.8 Å². The van der Waals surface area contributed by atoms with Crippen LogP contribution in [0.1, 0.15) is 48.7 Å². The summed E-state index contributed by atoms with van der Waals surface area (Å²) < 4.78 is 8.84.